The van der Waals surface area contributed by atoms with Crippen LogP contribution in [0.4, 0.5) is 36.8 Å². The van der Waals surface area contributed by atoms with Gasteiger partial charge in [-0.1, -0.05) is 30.3 Å². The Labute approximate surface area is 256 Å². The summed E-state index contributed by atoms with van der Waals surface area (Å²) in [5.74, 6) is -2.32. The van der Waals surface area contributed by atoms with Crippen LogP contribution in [0.25, 0.3) is 0 Å². The van der Waals surface area contributed by atoms with E-state index in [1.807, 2.05) is 0 Å². The quantitative estimate of drug-likeness (QED) is 0.205. The van der Waals surface area contributed by atoms with Crippen LogP contribution in [0.1, 0.15) is 41.9 Å². The maximum Gasteiger partial charge on any atom is 0.407 e. The van der Waals surface area contributed by atoms with Crippen LogP contribution < -0.4 is 16.0 Å². The second-order valence-corrected chi connectivity index (χ2v) is 10.6. The van der Waals surface area contributed by atoms with E-state index in [1.165, 1.54) is 36.4 Å². The normalized spacial score (nSPS) is 16.8. The van der Waals surface area contributed by atoms with Crippen LogP contribution in [0.2, 0.25) is 0 Å². The first kappa shape index (κ1) is 33.8. The molecule has 1 aliphatic rings. The largest absolute Gasteiger partial charge is 0.449 e. The second kappa shape index (κ2) is 15.8. The lowest BCUT2D eigenvalue weighted by molar-refractivity contribution is -0.124. The fraction of sp³-hybridized carbons (Fsp3) is 0.375. The van der Waals surface area contributed by atoms with Crippen LogP contribution in [0.3, 0.4) is 0 Å². The topological polar surface area (TPSA) is 88.7 Å². The molecule has 0 spiro atoms. The van der Waals surface area contributed by atoms with Crippen molar-refractivity contribution < 1.29 is 45.4 Å². The molecule has 45 heavy (non-hydrogen) atoms. The predicted octanol–water partition coefficient (Wildman–Crippen LogP) is 6.23. The molecule has 13 heteroatoms. The average molecular weight is 638 g/mol. The van der Waals surface area contributed by atoms with E-state index in [4.69, 9.17) is 9.47 Å². The SMILES string of the molecule is O=C(CC(c1ccc(F)cc1)c1ccc(F)cc1)Nc1cccc(F)c1CCC1CNCC(CCOC(=O)NCC(F)(F)F)O1. The van der Waals surface area contributed by atoms with Crippen molar-refractivity contribution >= 4 is 17.7 Å². The molecule has 2 amide bonds. The average Bonchev–Trinajstić information content (AvgIpc) is 2.99. The van der Waals surface area contributed by atoms with Crippen molar-refractivity contribution in [2.75, 3.05) is 31.6 Å². The van der Waals surface area contributed by atoms with Crippen molar-refractivity contribution in [1.29, 1.82) is 0 Å². The van der Waals surface area contributed by atoms with Gasteiger partial charge >= 0.3 is 12.3 Å². The number of hydrogen-bond donors (Lipinski definition) is 3. The van der Waals surface area contributed by atoms with Crippen LogP contribution in [-0.4, -0.2) is 56.6 Å². The maximum atomic E-state index is 15.0. The minimum Gasteiger partial charge on any atom is -0.449 e. The number of alkyl carbamates (subject to hydrolysis) is 1. The highest BCUT2D eigenvalue weighted by molar-refractivity contribution is 5.92. The molecule has 0 bridgehead atoms. The molecule has 0 aliphatic carbocycles. The zero-order valence-electron chi connectivity index (χ0n) is 24.1. The zero-order chi connectivity index (χ0) is 32.4. The van der Waals surface area contributed by atoms with Gasteiger partial charge in [0.25, 0.3) is 0 Å². The van der Waals surface area contributed by atoms with Crippen molar-refractivity contribution in [2.45, 2.75) is 50.0 Å². The summed E-state index contributed by atoms with van der Waals surface area (Å²) >= 11 is 0. The molecular formula is C32H33F6N3O4. The molecule has 3 N–H and O–H groups in total. The van der Waals surface area contributed by atoms with Crippen molar-refractivity contribution in [3.05, 3.63) is 101 Å². The van der Waals surface area contributed by atoms with Crippen LogP contribution in [-0.2, 0) is 20.7 Å². The highest BCUT2D eigenvalue weighted by Crippen LogP contribution is 2.30. The number of anilines is 1. The predicted molar refractivity (Wildman–Crippen MR) is 154 cm³/mol. The number of morpholine rings is 1. The lowest BCUT2D eigenvalue weighted by Gasteiger charge is -2.31. The summed E-state index contributed by atoms with van der Waals surface area (Å²) in [7, 11) is 0. The van der Waals surface area contributed by atoms with E-state index in [0.29, 0.717) is 30.6 Å². The molecule has 4 rings (SSSR count). The van der Waals surface area contributed by atoms with E-state index < -0.39 is 48.1 Å². The maximum absolute atomic E-state index is 15.0. The van der Waals surface area contributed by atoms with E-state index in [2.05, 4.69) is 10.6 Å². The molecule has 1 fully saturated rings. The number of hydrogen-bond acceptors (Lipinski definition) is 5. The van der Waals surface area contributed by atoms with Crippen LogP contribution >= 0.6 is 0 Å². The van der Waals surface area contributed by atoms with Gasteiger partial charge in [0.1, 0.15) is 24.0 Å². The van der Waals surface area contributed by atoms with Crippen LogP contribution in [0, 0.1) is 17.5 Å². The van der Waals surface area contributed by atoms with Gasteiger partial charge in [-0.15, -0.1) is 0 Å². The third-order valence-corrected chi connectivity index (χ3v) is 7.28. The van der Waals surface area contributed by atoms with Crippen molar-refractivity contribution in [3.8, 4) is 0 Å². The van der Waals surface area contributed by atoms with E-state index in [0.717, 1.165) is 0 Å². The summed E-state index contributed by atoms with van der Waals surface area (Å²) in [6, 6.07) is 15.7. The minimum atomic E-state index is -4.54. The number of amides is 2. The Morgan fingerprint density at radius 1 is 0.889 bits per heavy atom. The first-order chi connectivity index (χ1) is 21.5. The first-order valence-electron chi connectivity index (χ1n) is 14.4. The van der Waals surface area contributed by atoms with E-state index in [9.17, 15) is 35.9 Å². The summed E-state index contributed by atoms with van der Waals surface area (Å²) in [5.41, 5.74) is 1.87. The fourth-order valence-electron chi connectivity index (χ4n) is 5.06. The molecule has 1 heterocycles. The molecule has 2 atom stereocenters. The molecule has 7 nitrogen and oxygen atoms in total. The third kappa shape index (κ3) is 10.8. The number of carbonyl (C=O) groups excluding carboxylic acids is 2. The summed E-state index contributed by atoms with van der Waals surface area (Å²) in [5, 5.41) is 7.60. The molecule has 3 aromatic rings. The Bertz CT molecular complexity index is 1370. The summed E-state index contributed by atoms with van der Waals surface area (Å²) < 4.78 is 89.6. The van der Waals surface area contributed by atoms with Gasteiger partial charge in [0.05, 0.1) is 18.8 Å². The number of ether oxygens (including phenoxy) is 2. The molecule has 2 unspecified atom stereocenters. The van der Waals surface area contributed by atoms with Crippen LogP contribution in [0.5, 0.6) is 0 Å². The van der Waals surface area contributed by atoms with Crippen molar-refractivity contribution in [2.24, 2.45) is 0 Å². The van der Waals surface area contributed by atoms with Gasteiger partial charge in [0, 0.05) is 43.1 Å². The molecule has 0 radical (unpaired) electrons. The molecule has 0 aromatic heterocycles. The summed E-state index contributed by atoms with van der Waals surface area (Å²) in [6.45, 7) is -0.731. The van der Waals surface area contributed by atoms with Crippen molar-refractivity contribution in [3.63, 3.8) is 0 Å². The Hall–Kier alpha value is -4.10. The number of nitrogens with one attached hydrogen (secondary N) is 3. The first-order valence-corrected chi connectivity index (χ1v) is 14.4. The molecule has 1 aliphatic heterocycles. The van der Waals surface area contributed by atoms with Gasteiger partial charge in [-0.25, -0.2) is 18.0 Å². The lowest BCUT2D eigenvalue weighted by atomic mass is 9.88. The summed E-state index contributed by atoms with van der Waals surface area (Å²) in [4.78, 5) is 24.7. The van der Waals surface area contributed by atoms with Crippen LogP contribution in [0.15, 0.2) is 66.7 Å². The van der Waals surface area contributed by atoms with E-state index >= 15 is 0 Å². The fourth-order valence-corrected chi connectivity index (χ4v) is 5.06. The third-order valence-electron chi connectivity index (χ3n) is 7.28. The number of rotatable bonds is 12. The van der Waals surface area contributed by atoms with Gasteiger partial charge < -0.3 is 25.4 Å². The van der Waals surface area contributed by atoms with Crippen molar-refractivity contribution in [1.82, 2.24) is 10.6 Å². The number of carbonyl (C=O) groups is 2. The number of benzene rings is 3. The van der Waals surface area contributed by atoms with E-state index in [-0.39, 0.29) is 49.3 Å². The molecule has 242 valence electrons. The Morgan fingerprint density at radius 2 is 1.49 bits per heavy atom. The van der Waals surface area contributed by atoms with Gasteiger partial charge in [-0.05, 0) is 60.4 Å². The standard InChI is InChI=1S/C32H33F6N3O4/c33-22-8-4-20(5-9-22)27(21-6-10-23(34)11-7-21)16-30(42)41-29-3-1-2-28(35)26(29)13-12-24-17-39-18-25(45-24)14-15-44-31(43)40-19-32(36,37)38/h1-11,24-25,27,39H,12-19H2,(H,40,43)(H,41,42). The van der Waals surface area contributed by atoms with Gasteiger partial charge in [0.15, 0.2) is 0 Å². The Morgan fingerprint density at radius 3 is 2.09 bits per heavy atom. The monoisotopic (exact) mass is 637 g/mol. The molecular weight excluding hydrogens is 604 g/mol. The zero-order valence-corrected chi connectivity index (χ0v) is 24.1. The van der Waals surface area contributed by atoms with Gasteiger partial charge in [-0.3, -0.25) is 4.79 Å². The van der Waals surface area contributed by atoms with E-state index in [1.54, 1.807) is 35.6 Å². The number of halogens is 6. The molecule has 1 saturated heterocycles. The second-order valence-electron chi connectivity index (χ2n) is 10.6. The Kier molecular flexibility index (Phi) is 11.8. The lowest BCUT2D eigenvalue weighted by Crippen LogP contribution is -2.45. The molecule has 3 aromatic carbocycles. The number of alkyl halides is 3. The Balaban J connectivity index is 1.33. The highest BCUT2D eigenvalue weighted by atomic mass is 19.4. The minimum absolute atomic E-state index is 0.0686. The van der Waals surface area contributed by atoms with Gasteiger partial charge in [0.2, 0.25) is 5.91 Å². The highest BCUT2D eigenvalue weighted by Gasteiger charge is 2.28. The van der Waals surface area contributed by atoms with Gasteiger partial charge in [-0.2, -0.15) is 13.2 Å². The summed E-state index contributed by atoms with van der Waals surface area (Å²) in [6.07, 6.45) is -5.66. The molecule has 0 saturated carbocycles. The smallest absolute Gasteiger partial charge is 0.407 e.